The lowest BCUT2D eigenvalue weighted by atomic mass is 10.1. The number of aromatic nitrogens is 2. The third-order valence-electron chi connectivity index (χ3n) is 2.94. The summed E-state index contributed by atoms with van der Waals surface area (Å²) >= 11 is 4.79. The van der Waals surface area contributed by atoms with E-state index in [4.69, 9.17) is 18.0 Å². The molecule has 1 aromatic heterocycles. The van der Waals surface area contributed by atoms with Gasteiger partial charge >= 0.3 is 5.69 Å². The Morgan fingerprint density at radius 1 is 1.37 bits per heavy atom. The molecule has 0 spiro atoms. The van der Waals surface area contributed by atoms with Crippen LogP contribution in [0.3, 0.4) is 0 Å². The second-order valence-corrected chi connectivity index (χ2v) is 4.60. The van der Waals surface area contributed by atoms with Crippen molar-refractivity contribution in [1.29, 1.82) is 0 Å². The van der Waals surface area contributed by atoms with Gasteiger partial charge in [0, 0.05) is 30.1 Å². The van der Waals surface area contributed by atoms with Crippen molar-refractivity contribution in [3.8, 4) is 0 Å². The number of rotatable bonds is 4. The molecule has 2 rings (SSSR count). The molecule has 0 unspecified atom stereocenters. The molecule has 1 heterocycles. The minimum absolute atomic E-state index is 0.152. The first kappa shape index (κ1) is 13.5. The molecular weight excluding hydrogens is 265 g/mol. The molecule has 2 N–H and O–H groups in total. The second kappa shape index (κ2) is 5.36. The fraction of sp³-hybridized carbons (Fsp3) is 0.231. The molecule has 4 nitrogen and oxygen atoms in total. The van der Waals surface area contributed by atoms with Crippen LogP contribution in [0.15, 0.2) is 35.4 Å². The largest absolute Gasteiger partial charge is 0.389 e. The summed E-state index contributed by atoms with van der Waals surface area (Å²) in [5, 5.41) is 0. The van der Waals surface area contributed by atoms with Crippen LogP contribution in [0, 0.1) is 5.82 Å². The number of aryl methyl sites for hydroxylation is 1. The van der Waals surface area contributed by atoms with E-state index in [1.807, 2.05) is 6.92 Å². The second-order valence-electron chi connectivity index (χ2n) is 4.17. The molecule has 0 aliphatic heterocycles. The van der Waals surface area contributed by atoms with Crippen LogP contribution < -0.4 is 11.4 Å². The highest BCUT2D eigenvalue weighted by atomic mass is 32.1. The zero-order valence-corrected chi connectivity index (χ0v) is 11.3. The van der Waals surface area contributed by atoms with Gasteiger partial charge in [-0.3, -0.25) is 9.13 Å². The van der Waals surface area contributed by atoms with Gasteiger partial charge in [-0.15, -0.1) is 0 Å². The van der Waals surface area contributed by atoms with Crippen LogP contribution in [0.2, 0.25) is 0 Å². The van der Waals surface area contributed by atoms with Gasteiger partial charge in [-0.2, -0.15) is 0 Å². The highest BCUT2D eigenvalue weighted by Gasteiger charge is 2.08. The number of imidazole rings is 1. The summed E-state index contributed by atoms with van der Waals surface area (Å²) in [7, 11) is 0. The molecule has 0 radical (unpaired) electrons. The number of thiocarbonyl (C=S) groups is 1. The Morgan fingerprint density at radius 2 is 2.05 bits per heavy atom. The van der Waals surface area contributed by atoms with E-state index in [9.17, 15) is 9.18 Å². The molecule has 0 saturated heterocycles. The molecule has 6 heteroatoms. The lowest BCUT2D eigenvalue weighted by Crippen LogP contribution is -2.24. The van der Waals surface area contributed by atoms with Crippen LogP contribution >= 0.6 is 12.2 Å². The number of nitrogens with two attached hydrogens (primary N) is 1. The predicted octanol–water partition coefficient (Wildman–Crippen LogP) is 1.49. The van der Waals surface area contributed by atoms with Gasteiger partial charge in [0.15, 0.2) is 0 Å². The fourth-order valence-electron chi connectivity index (χ4n) is 1.83. The molecule has 0 amide bonds. The van der Waals surface area contributed by atoms with Gasteiger partial charge in [0.05, 0.1) is 6.54 Å². The fourth-order valence-corrected chi connectivity index (χ4v) is 1.95. The number of hydrogen-bond donors (Lipinski definition) is 1. The first-order valence-electron chi connectivity index (χ1n) is 5.86. The maximum Gasteiger partial charge on any atom is 0.328 e. The van der Waals surface area contributed by atoms with E-state index in [0.29, 0.717) is 17.7 Å². The molecule has 19 heavy (non-hydrogen) atoms. The lowest BCUT2D eigenvalue weighted by Gasteiger charge is -2.06. The highest BCUT2D eigenvalue weighted by molar-refractivity contribution is 7.80. The maximum atomic E-state index is 13.9. The van der Waals surface area contributed by atoms with Crippen molar-refractivity contribution in [3.05, 3.63) is 58.0 Å². The topological polar surface area (TPSA) is 52.9 Å². The van der Waals surface area contributed by atoms with E-state index < -0.39 is 5.82 Å². The van der Waals surface area contributed by atoms with Crippen molar-refractivity contribution < 1.29 is 4.39 Å². The van der Waals surface area contributed by atoms with Crippen molar-refractivity contribution >= 4 is 17.2 Å². The predicted molar refractivity (Wildman–Crippen MR) is 75.8 cm³/mol. The summed E-state index contributed by atoms with van der Waals surface area (Å²) in [5.74, 6) is -0.415. The molecule has 0 aliphatic rings. The number of hydrogen-bond acceptors (Lipinski definition) is 2. The van der Waals surface area contributed by atoms with Crippen molar-refractivity contribution in [2.75, 3.05) is 0 Å². The Kier molecular flexibility index (Phi) is 3.80. The van der Waals surface area contributed by atoms with E-state index >= 15 is 0 Å². The zero-order valence-electron chi connectivity index (χ0n) is 10.5. The standard InChI is InChI=1S/C13H14FN3OS/c1-2-16-5-6-17(13(16)18)8-10-4-3-9(12(15)19)7-11(10)14/h3-7H,2,8H2,1H3,(H2,15,19). The van der Waals surface area contributed by atoms with Gasteiger partial charge in [-0.25, -0.2) is 9.18 Å². The van der Waals surface area contributed by atoms with E-state index in [1.165, 1.54) is 10.6 Å². The quantitative estimate of drug-likeness (QED) is 0.863. The van der Waals surface area contributed by atoms with E-state index in [2.05, 4.69) is 0 Å². The monoisotopic (exact) mass is 279 g/mol. The van der Waals surface area contributed by atoms with Gasteiger partial charge in [0.1, 0.15) is 10.8 Å². The summed E-state index contributed by atoms with van der Waals surface area (Å²) in [5.41, 5.74) is 6.19. The van der Waals surface area contributed by atoms with Crippen molar-refractivity contribution in [2.45, 2.75) is 20.0 Å². The van der Waals surface area contributed by atoms with Gasteiger partial charge in [0.25, 0.3) is 0 Å². The molecule has 0 atom stereocenters. The summed E-state index contributed by atoms with van der Waals surface area (Å²) < 4.78 is 16.9. The van der Waals surface area contributed by atoms with E-state index in [-0.39, 0.29) is 17.2 Å². The van der Waals surface area contributed by atoms with E-state index in [1.54, 1.807) is 29.1 Å². The zero-order chi connectivity index (χ0) is 14.0. The summed E-state index contributed by atoms with van der Waals surface area (Å²) in [4.78, 5) is 12.0. The van der Waals surface area contributed by atoms with E-state index in [0.717, 1.165) is 0 Å². The smallest absolute Gasteiger partial charge is 0.328 e. The summed E-state index contributed by atoms with van der Waals surface area (Å²) in [6.45, 7) is 2.66. The van der Waals surface area contributed by atoms with Crippen LogP contribution in [0.1, 0.15) is 18.1 Å². The average Bonchev–Trinajstić information content (AvgIpc) is 2.72. The Labute approximate surface area is 115 Å². The van der Waals surface area contributed by atoms with Gasteiger partial charge in [-0.1, -0.05) is 24.4 Å². The lowest BCUT2D eigenvalue weighted by molar-refractivity contribution is 0.590. The number of nitrogens with zero attached hydrogens (tertiary/aromatic N) is 2. The normalized spacial score (nSPS) is 10.6. The highest BCUT2D eigenvalue weighted by Crippen LogP contribution is 2.11. The Hall–Kier alpha value is -1.95. The van der Waals surface area contributed by atoms with Crippen LogP contribution in [0.25, 0.3) is 0 Å². The molecular formula is C13H14FN3OS. The SMILES string of the molecule is CCn1ccn(Cc2ccc(C(N)=S)cc2F)c1=O. The third kappa shape index (κ3) is 2.73. The minimum Gasteiger partial charge on any atom is -0.389 e. The molecule has 1 aromatic carbocycles. The van der Waals surface area contributed by atoms with Crippen LogP contribution in [-0.2, 0) is 13.1 Å². The van der Waals surface area contributed by atoms with Crippen LogP contribution in [0.5, 0.6) is 0 Å². The molecule has 0 aliphatic carbocycles. The number of benzene rings is 1. The summed E-state index contributed by atoms with van der Waals surface area (Å²) in [6.07, 6.45) is 3.33. The summed E-state index contributed by atoms with van der Waals surface area (Å²) in [6, 6.07) is 4.54. The minimum atomic E-state index is -0.415. The Morgan fingerprint density at radius 3 is 2.58 bits per heavy atom. The van der Waals surface area contributed by atoms with Crippen molar-refractivity contribution in [2.24, 2.45) is 5.73 Å². The Balaban J connectivity index is 2.31. The van der Waals surface area contributed by atoms with Crippen molar-refractivity contribution in [3.63, 3.8) is 0 Å². The maximum absolute atomic E-state index is 13.9. The molecule has 0 fully saturated rings. The molecule has 100 valence electrons. The first-order chi connectivity index (χ1) is 9.02. The van der Waals surface area contributed by atoms with Crippen LogP contribution in [0.4, 0.5) is 4.39 Å². The third-order valence-corrected chi connectivity index (χ3v) is 3.17. The molecule has 0 saturated carbocycles. The molecule has 2 aromatic rings. The molecule has 0 bridgehead atoms. The first-order valence-corrected chi connectivity index (χ1v) is 6.27. The van der Waals surface area contributed by atoms with Crippen LogP contribution in [-0.4, -0.2) is 14.1 Å². The average molecular weight is 279 g/mol. The number of halogens is 1. The Bertz CT molecular complexity index is 675. The van der Waals surface area contributed by atoms with Gasteiger partial charge < -0.3 is 5.73 Å². The van der Waals surface area contributed by atoms with Crippen molar-refractivity contribution in [1.82, 2.24) is 9.13 Å². The van der Waals surface area contributed by atoms with Gasteiger partial charge in [-0.05, 0) is 13.0 Å². The van der Waals surface area contributed by atoms with Gasteiger partial charge in [0.2, 0.25) is 0 Å².